The first kappa shape index (κ1) is 15.9. The maximum atomic E-state index is 13.3. The number of benzene rings is 1. The maximum Gasteiger partial charge on any atom is 0.254 e. The largest absolute Gasteiger partial charge is 0.310 e. The molecule has 1 aliphatic heterocycles. The Labute approximate surface area is 135 Å². The minimum atomic E-state index is -0.198. The Bertz CT molecular complexity index is 756. The smallest absolute Gasteiger partial charge is 0.254 e. The summed E-state index contributed by atoms with van der Waals surface area (Å²) < 4.78 is 13.3. The standard InChI is InChI=1S/C18H22FN3O/c1-12-13(2)20-17(21-18(12)23)15-6-4-8-22(11-15)10-14-5-3-7-16(19)9-14/h3,5,7,9,15H,4,6,8,10-11H2,1-2H3,(H,20,21,23). The van der Waals surface area contributed by atoms with Crippen molar-refractivity contribution < 1.29 is 4.39 Å². The number of aromatic nitrogens is 2. The molecule has 0 aliphatic carbocycles. The van der Waals surface area contributed by atoms with Crippen molar-refractivity contribution >= 4 is 0 Å². The van der Waals surface area contributed by atoms with Crippen molar-refractivity contribution in [2.75, 3.05) is 13.1 Å². The van der Waals surface area contributed by atoms with E-state index in [2.05, 4.69) is 14.9 Å². The van der Waals surface area contributed by atoms with E-state index < -0.39 is 0 Å². The Balaban J connectivity index is 1.74. The molecule has 2 aromatic rings. The number of piperidine rings is 1. The summed E-state index contributed by atoms with van der Waals surface area (Å²) in [5, 5.41) is 0. The molecule has 3 rings (SSSR count). The molecule has 2 heterocycles. The average Bonchev–Trinajstić information content (AvgIpc) is 2.52. The number of nitrogens with one attached hydrogen (secondary N) is 1. The van der Waals surface area contributed by atoms with Gasteiger partial charge in [0.1, 0.15) is 11.6 Å². The normalized spacial score (nSPS) is 19.0. The van der Waals surface area contributed by atoms with Crippen LogP contribution in [0.5, 0.6) is 0 Å². The van der Waals surface area contributed by atoms with Crippen molar-refractivity contribution in [1.82, 2.24) is 14.9 Å². The zero-order valence-electron chi connectivity index (χ0n) is 13.6. The predicted molar refractivity (Wildman–Crippen MR) is 88.0 cm³/mol. The predicted octanol–water partition coefficient (Wildman–Crippen LogP) is 2.91. The average molecular weight is 315 g/mol. The lowest BCUT2D eigenvalue weighted by Gasteiger charge is -2.32. The maximum absolute atomic E-state index is 13.3. The molecule has 1 aromatic carbocycles. The number of nitrogens with zero attached hydrogens (tertiary/aromatic N) is 2. The molecular weight excluding hydrogens is 293 g/mol. The van der Waals surface area contributed by atoms with Crippen LogP contribution in [-0.2, 0) is 6.54 Å². The summed E-state index contributed by atoms with van der Waals surface area (Å²) in [6, 6.07) is 6.74. The van der Waals surface area contributed by atoms with Crippen molar-refractivity contribution in [3.8, 4) is 0 Å². The second-order valence-corrected chi connectivity index (χ2v) is 6.37. The van der Waals surface area contributed by atoms with E-state index in [1.165, 1.54) is 6.07 Å². The van der Waals surface area contributed by atoms with Gasteiger partial charge in [0.15, 0.2) is 0 Å². The van der Waals surface area contributed by atoms with Gasteiger partial charge in [0, 0.05) is 30.3 Å². The molecule has 1 unspecified atom stereocenters. The summed E-state index contributed by atoms with van der Waals surface area (Å²) in [4.78, 5) is 21.8. The van der Waals surface area contributed by atoms with Crippen LogP contribution in [0.25, 0.3) is 0 Å². The molecule has 0 saturated carbocycles. The minimum Gasteiger partial charge on any atom is -0.310 e. The van der Waals surface area contributed by atoms with Crippen LogP contribution in [0.1, 0.15) is 41.4 Å². The summed E-state index contributed by atoms with van der Waals surface area (Å²) in [6.45, 7) is 6.22. The molecule has 1 atom stereocenters. The number of likely N-dealkylation sites (tertiary alicyclic amines) is 1. The third-order valence-corrected chi connectivity index (χ3v) is 4.60. The lowest BCUT2D eigenvalue weighted by atomic mass is 9.96. The van der Waals surface area contributed by atoms with Gasteiger partial charge in [-0.15, -0.1) is 0 Å². The molecular formula is C18H22FN3O. The molecule has 0 amide bonds. The van der Waals surface area contributed by atoms with Gasteiger partial charge in [-0.2, -0.15) is 0 Å². The van der Waals surface area contributed by atoms with E-state index in [1.807, 2.05) is 13.0 Å². The van der Waals surface area contributed by atoms with Crippen LogP contribution in [0.3, 0.4) is 0 Å². The zero-order chi connectivity index (χ0) is 16.4. The van der Waals surface area contributed by atoms with Crippen molar-refractivity contribution in [2.45, 2.75) is 39.2 Å². The molecule has 1 aromatic heterocycles. The van der Waals surface area contributed by atoms with Gasteiger partial charge in [0.25, 0.3) is 5.56 Å². The van der Waals surface area contributed by atoms with Crippen molar-refractivity contribution in [2.24, 2.45) is 0 Å². The molecule has 4 nitrogen and oxygen atoms in total. The molecule has 1 N–H and O–H groups in total. The summed E-state index contributed by atoms with van der Waals surface area (Å²) in [7, 11) is 0. The second kappa shape index (κ2) is 6.62. The highest BCUT2D eigenvalue weighted by Crippen LogP contribution is 2.25. The third kappa shape index (κ3) is 3.67. The van der Waals surface area contributed by atoms with E-state index in [4.69, 9.17) is 0 Å². The summed E-state index contributed by atoms with van der Waals surface area (Å²) in [5.74, 6) is 0.808. The quantitative estimate of drug-likeness (QED) is 0.947. The van der Waals surface area contributed by atoms with Crippen LogP contribution in [0.15, 0.2) is 29.1 Å². The van der Waals surface area contributed by atoms with Gasteiger partial charge in [-0.1, -0.05) is 12.1 Å². The fraction of sp³-hybridized carbons (Fsp3) is 0.444. The molecule has 1 fully saturated rings. The van der Waals surface area contributed by atoms with Crippen LogP contribution in [0, 0.1) is 19.7 Å². The van der Waals surface area contributed by atoms with Gasteiger partial charge >= 0.3 is 0 Å². The summed E-state index contributed by atoms with van der Waals surface area (Å²) in [6.07, 6.45) is 2.07. The zero-order valence-corrected chi connectivity index (χ0v) is 13.6. The fourth-order valence-electron chi connectivity index (χ4n) is 3.18. The number of halogens is 1. The van der Waals surface area contributed by atoms with Crippen LogP contribution >= 0.6 is 0 Å². The fourth-order valence-corrected chi connectivity index (χ4v) is 3.18. The molecule has 122 valence electrons. The van der Waals surface area contributed by atoms with Gasteiger partial charge in [-0.05, 0) is 50.9 Å². The van der Waals surface area contributed by atoms with Crippen molar-refractivity contribution in [3.05, 3.63) is 63.1 Å². The first-order valence-corrected chi connectivity index (χ1v) is 8.07. The lowest BCUT2D eigenvalue weighted by molar-refractivity contribution is 0.196. The number of H-pyrrole nitrogens is 1. The van der Waals surface area contributed by atoms with Gasteiger partial charge in [0.05, 0.1) is 0 Å². The number of aromatic amines is 1. The molecule has 5 heteroatoms. The first-order chi connectivity index (χ1) is 11.0. The minimum absolute atomic E-state index is 0.0465. The van der Waals surface area contributed by atoms with Crippen LogP contribution in [0.4, 0.5) is 4.39 Å². The van der Waals surface area contributed by atoms with Gasteiger partial charge in [-0.25, -0.2) is 9.37 Å². The van der Waals surface area contributed by atoms with E-state index in [9.17, 15) is 9.18 Å². The highest BCUT2D eigenvalue weighted by atomic mass is 19.1. The van der Waals surface area contributed by atoms with Crippen LogP contribution in [-0.4, -0.2) is 28.0 Å². The number of aryl methyl sites for hydroxylation is 1. The van der Waals surface area contributed by atoms with E-state index in [0.717, 1.165) is 49.6 Å². The molecule has 0 spiro atoms. The Hall–Kier alpha value is -2.01. The van der Waals surface area contributed by atoms with Gasteiger partial charge < -0.3 is 4.98 Å². The van der Waals surface area contributed by atoms with Gasteiger partial charge in [0.2, 0.25) is 0 Å². The van der Waals surface area contributed by atoms with Crippen LogP contribution in [0.2, 0.25) is 0 Å². The monoisotopic (exact) mass is 315 g/mol. The van der Waals surface area contributed by atoms with Crippen molar-refractivity contribution in [1.29, 1.82) is 0 Å². The molecule has 1 saturated heterocycles. The Morgan fingerprint density at radius 1 is 1.39 bits per heavy atom. The first-order valence-electron chi connectivity index (χ1n) is 8.07. The second-order valence-electron chi connectivity index (χ2n) is 6.37. The Kier molecular flexibility index (Phi) is 4.57. The van der Waals surface area contributed by atoms with E-state index in [0.29, 0.717) is 5.56 Å². The highest BCUT2D eigenvalue weighted by Gasteiger charge is 2.23. The SMILES string of the molecule is Cc1nc(C2CCCN(Cc3cccc(F)c3)C2)[nH]c(=O)c1C. The summed E-state index contributed by atoms with van der Waals surface area (Å²) in [5.41, 5.74) is 2.41. The third-order valence-electron chi connectivity index (χ3n) is 4.60. The van der Waals surface area contributed by atoms with E-state index in [-0.39, 0.29) is 17.3 Å². The van der Waals surface area contributed by atoms with E-state index >= 15 is 0 Å². The summed E-state index contributed by atoms with van der Waals surface area (Å²) >= 11 is 0. The number of hydrogen-bond acceptors (Lipinski definition) is 3. The number of hydrogen-bond donors (Lipinski definition) is 1. The Morgan fingerprint density at radius 3 is 2.96 bits per heavy atom. The van der Waals surface area contributed by atoms with E-state index in [1.54, 1.807) is 19.1 Å². The molecule has 1 aliphatic rings. The molecule has 0 radical (unpaired) electrons. The van der Waals surface area contributed by atoms with Crippen molar-refractivity contribution in [3.63, 3.8) is 0 Å². The number of rotatable bonds is 3. The van der Waals surface area contributed by atoms with Gasteiger partial charge in [-0.3, -0.25) is 9.69 Å². The highest BCUT2D eigenvalue weighted by molar-refractivity contribution is 5.18. The lowest BCUT2D eigenvalue weighted by Crippen LogP contribution is -2.35. The molecule has 0 bridgehead atoms. The molecule has 23 heavy (non-hydrogen) atoms. The van der Waals surface area contributed by atoms with Crippen LogP contribution < -0.4 is 5.56 Å². The Morgan fingerprint density at radius 2 is 2.22 bits per heavy atom. The topological polar surface area (TPSA) is 49.0 Å².